The summed E-state index contributed by atoms with van der Waals surface area (Å²) in [5.74, 6) is 0.852. The van der Waals surface area contributed by atoms with E-state index in [4.69, 9.17) is 15.2 Å². The van der Waals surface area contributed by atoms with Gasteiger partial charge < -0.3 is 25.4 Å². The Balaban J connectivity index is 1.62. The highest BCUT2D eigenvalue weighted by Crippen LogP contribution is 2.32. The fraction of sp³-hybridized carbons (Fsp3) is 0.529. The summed E-state index contributed by atoms with van der Waals surface area (Å²) in [5.41, 5.74) is 6.25. The molecular formula is C17H23N3O4. The third kappa shape index (κ3) is 3.55. The number of carbonyl (C=O) groups is 2. The normalized spacial score (nSPS) is 21.0. The Morgan fingerprint density at radius 3 is 2.75 bits per heavy atom. The topological polar surface area (TPSA) is 93.9 Å². The van der Waals surface area contributed by atoms with E-state index in [1.807, 2.05) is 25.1 Å². The molecule has 2 aliphatic rings. The van der Waals surface area contributed by atoms with Gasteiger partial charge in [-0.3, -0.25) is 4.79 Å². The van der Waals surface area contributed by atoms with Gasteiger partial charge in [-0.15, -0.1) is 0 Å². The van der Waals surface area contributed by atoms with E-state index in [1.165, 1.54) is 0 Å². The van der Waals surface area contributed by atoms with Gasteiger partial charge in [0.05, 0.1) is 25.2 Å². The Bertz CT molecular complexity index is 634. The predicted octanol–water partition coefficient (Wildman–Crippen LogP) is 1.43. The number of urea groups is 1. The summed E-state index contributed by atoms with van der Waals surface area (Å²) in [7, 11) is 0. The molecule has 3 amide bonds. The minimum Gasteiger partial charge on any atom is -0.490 e. The van der Waals surface area contributed by atoms with Crippen molar-refractivity contribution in [3.05, 3.63) is 23.8 Å². The molecule has 0 spiro atoms. The third-order valence-corrected chi connectivity index (χ3v) is 4.49. The highest BCUT2D eigenvalue weighted by atomic mass is 16.5. The average Bonchev–Trinajstić information content (AvgIpc) is 2.94. The number of nitrogens with one attached hydrogen (secondary N) is 1. The second-order valence-electron chi connectivity index (χ2n) is 6.26. The van der Waals surface area contributed by atoms with Crippen LogP contribution in [0.4, 0.5) is 4.79 Å². The molecule has 2 atom stereocenters. The van der Waals surface area contributed by atoms with Gasteiger partial charge >= 0.3 is 6.03 Å². The minimum atomic E-state index is -0.346. The van der Waals surface area contributed by atoms with E-state index in [2.05, 4.69) is 5.32 Å². The summed E-state index contributed by atoms with van der Waals surface area (Å²) in [6.07, 6.45) is 1.48. The number of hydrogen-bond acceptors (Lipinski definition) is 4. The first kappa shape index (κ1) is 16.4. The molecule has 1 fully saturated rings. The molecule has 1 aromatic carbocycles. The van der Waals surface area contributed by atoms with E-state index in [0.29, 0.717) is 38.5 Å². The third-order valence-electron chi connectivity index (χ3n) is 4.49. The van der Waals surface area contributed by atoms with Crippen LogP contribution in [-0.4, -0.2) is 43.1 Å². The molecule has 130 valence electrons. The van der Waals surface area contributed by atoms with E-state index in [0.717, 1.165) is 17.7 Å². The Labute approximate surface area is 141 Å². The summed E-state index contributed by atoms with van der Waals surface area (Å²) in [4.78, 5) is 25.2. The number of primary amides is 1. The molecule has 7 heteroatoms. The molecule has 0 bridgehead atoms. The predicted molar refractivity (Wildman–Crippen MR) is 87.9 cm³/mol. The summed E-state index contributed by atoms with van der Waals surface area (Å²) in [6, 6.07) is 5.34. The van der Waals surface area contributed by atoms with Crippen molar-refractivity contribution in [3.8, 4) is 11.5 Å². The monoisotopic (exact) mass is 333 g/mol. The van der Waals surface area contributed by atoms with E-state index in [-0.39, 0.29) is 23.9 Å². The lowest BCUT2D eigenvalue weighted by atomic mass is 10.1. The Morgan fingerprint density at radius 2 is 2.04 bits per heavy atom. The molecule has 2 aliphatic heterocycles. The van der Waals surface area contributed by atoms with Gasteiger partial charge in [-0.25, -0.2) is 4.79 Å². The number of fused-ring (bicyclic) bond motifs is 1. The number of carbonyl (C=O) groups excluding carboxylic acids is 2. The molecule has 0 saturated carbocycles. The van der Waals surface area contributed by atoms with Crippen molar-refractivity contribution in [2.45, 2.75) is 25.8 Å². The molecule has 2 heterocycles. The zero-order chi connectivity index (χ0) is 17.1. The van der Waals surface area contributed by atoms with E-state index in [9.17, 15) is 9.59 Å². The standard InChI is InChI=1S/C17H23N3O4/c1-11(19-17(22)20-6-5-13(10-20)16(18)21)12-3-4-14-15(9-12)24-8-2-7-23-14/h3-4,9,11,13H,2,5-8,10H2,1H3,(H2,18,21)(H,19,22)/t11-,13-/m0/s1. The quantitative estimate of drug-likeness (QED) is 0.875. The van der Waals surface area contributed by atoms with Crippen molar-refractivity contribution in [3.63, 3.8) is 0 Å². The number of nitrogens with two attached hydrogens (primary N) is 1. The fourth-order valence-electron chi connectivity index (χ4n) is 2.99. The van der Waals surface area contributed by atoms with E-state index >= 15 is 0 Å². The van der Waals surface area contributed by atoms with Crippen molar-refractivity contribution in [1.29, 1.82) is 0 Å². The molecule has 0 aliphatic carbocycles. The molecule has 0 aromatic heterocycles. The highest BCUT2D eigenvalue weighted by Gasteiger charge is 2.30. The summed E-state index contributed by atoms with van der Waals surface area (Å²) in [6.45, 7) is 4.12. The van der Waals surface area contributed by atoms with Crippen LogP contribution >= 0.6 is 0 Å². The van der Waals surface area contributed by atoms with Gasteiger partial charge in [0.25, 0.3) is 0 Å². The van der Waals surface area contributed by atoms with Gasteiger partial charge in [0, 0.05) is 19.5 Å². The van der Waals surface area contributed by atoms with Crippen molar-refractivity contribution >= 4 is 11.9 Å². The first-order valence-corrected chi connectivity index (χ1v) is 8.29. The minimum absolute atomic E-state index is 0.178. The Hall–Kier alpha value is -2.44. The van der Waals surface area contributed by atoms with Crippen LogP contribution in [0.5, 0.6) is 11.5 Å². The van der Waals surface area contributed by atoms with Crippen molar-refractivity contribution in [2.24, 2.45) is 11.7 Å². The molecule has 24 heavy (non-hydrogen) atoms. The SMILES string of the molecule is C[C@H](NC(=O)N1CC[C@H](C(N)=O)C1)c1ccc2c(c1)OCCCO2. The number of nitrogens with zero attached hydrogens (tertiary/aromatic N) is 1. The van der Waals surface area contributed by atoms with Crippen LogP contribution in [0.1, 0.15) is 31.4 Å². The molecule has 1 saturated heterocycles. The van der Waals surface area contributed by atoms with Crippen molar-refractivity contribution in [2.75, 3.05) is 26.3 Å². The lowest BCUT2D eigenvalue weighted by Gasteiger charge is -2.21. The Morgan fingerprint density at radius 1 is 1.29 bits per heavy atom. The van der Waals surface area contributed by atoms with Gasteiger partial charge in [0.1, 0.15) is 0 Å². The maximum atomic E-state index is 12.3. The fourth-order valence-corrected chi connectivity index (χ4v) is 2.99. The number of hydrogen-bond donors (Lipinski definition) is 2. The van der Waals surface area contributed by atoms with E-state index in [1.54, 1.807) is 4.90 Å². The second-order valence-corrected chi connectivity index (χ2v) is 6.26. The lowest BCUT2D eigenvalue weighted by Crippen LogP contribution is -2.40. The molecule has 0 radical (unpaired) electrons. The van der Waals surface area contributed by atoms with Crippen LogP contribution in [0.25, 0.3) is 0 Å². The van der Waals surface area contributed by atoms with Gasteiger partial charge in [-0.05, 0) is 31.0 Å². The number of amides is 3. The van der Waals surface area contributed by atoms with Crippen LogP contribution in [0.15, 0.2) is 18.2 Å². The second kappa shape index (κ2) is 6.98. The average molecular weight is 333 g/mol. The van der Waals surface area contributed by atoms with Gasteiger partial charge in [-0.1, -0.05) is 6.07 Å². The molecule has 7 nitrogen and oxygen atoms in total. The zero-order valence-electron chi connectivity index (χ0n) is 13.8. The number of rotatable bonds is 3. The molecule has 0 unspecified atom stereocenters. The Kier molecular flexibility index (Phi) is 4.78. The zero-order valence-corrected chi connectivity index (χ0v) is 13.8. The summed E-state index contributed by atoms with van der Waals surface area (Å²) < 4.78 is 11.3. The van der Waals surface area contributed by atoms with Crippen LogP contribution in [0, 0.1) is 5.92 Å². The first-order chi connectivity index (χ1) is 11.5. The van der Waals surface area contributed by atoms with Gasteiger partial charge in [-0.2, -0.15) is 0 Å². The molecule has 1 aromatic rings. The maximum absolute atomic E-state index is 12.3. The summed E-state index contributed by atoms with van der Waals surface area (Å²) >= 11 is 0. The number of likely N-dealkylation sites (tertiary alicyclic amines) is 1. The van der Waals surface area contributed by atoms with E-state index < -0.39 is 0 Å². The smallest absolute Gasteiger partial charge is 0.317 e. The maximum Gasteiger partial charge on any atom is 0.317 e. The van der Waals surface area contributed by atoms with Crippen LogP contribution < -0.4 is 20.5 Å². The van der Waals surface area contributed by atoms with Crippen LogP contribution in [-0.2, 0) is 4.79 Å². The first-order valence-electron chi connectivity index (χ1n) is 8.29. The lowest BCUT2D eigenvalue weighted by molar-refractivity contribution is -0.121. The van der Waals surface area contributed by atoms with Crippen molar-refractivity contribution in [1.82, 2.24) is 10.2 Å². The molecular weight excluding hydrogens is 310 g/mol. The summed E-state index contributed by atoms with van der Waals surface area (Å²) in [5, 5.41) is 2.96. The van der Waals surface area contributed by atoms with Crippen LogP contribution in [0.3, 0.4) is 0 Å². The van der Waals surface area contributed by atoms with Gasteiger partial charge in [0.15, 0.2) is 11.5 Å². The molecule has 3 rings (SSSR count). The number of ether oxygens (including phenoxy) is 2. The van der Waals surface area contributed by atoms with Crippen molar-refractivity contribution < 1.29 is 19.1 Å². The van der Waals surface area contributed by atoms with Gasteiger partial charge in [0.2, 0.25) is 5.91 Å². The number of benzene rings is 1. The highest BCUT2D eigenvalue weighted by molar-refractivity contribution is 5.80. The largest absolute Gasteiger partial charge is 0.490 e. The molecule has 3 N–H and O–H groups in total. The van der Waals surface area contributed by atoms with Crippen LogP contribution in [0.2, 0.25) is 0 Å².